The van der Waals surface area contributed by atoms with Gasteiger partial charge in [0.1, 0.15) is 5.69 Å². The van der Waals surface area contributed by atoms with E-state index in [4.69, 9.17) is 4.74 Å². The van der Waals surface area contributed by atoms with Crippen molar-refractivity contribution < 1.29 is 9.66 Å². The van der Waals surface area contributed by atoms with Crippen LogP contribution in [-0.2, 0) is 11.3 Å². The van der Waals surface area contributed by atoms with Gasteiger partial charge in [-0.05, 0) is 25.2 Å². The van der Waals surface area contributed by atoms with E-state index in [0.29, 0.717) is 31.2 Å². The van der Waals surface area contributed by atoms with Crippen molar-refractivity contribution in [3.63, 3.8) is 0 Å². The zero-order valence-corrected chi connectivity index (χ0v) is 13.6. The maximum Gasteiger partial charge on any atom is 0.333 e. The van der Waals surface area contributed by atoms with E-state index in [1.165, 1.54) is 0 Å². The van der Waals surface area contributed by atoms with E-state index in [-0.39, 0.29) is 16.0 Å². The molecule has 0 radical (unpaired) electrons. The summed E-state index contributed by atoms with van der Waals surface area (Å²) in [6, 6.07) is 0. The van der Waals surface area contributed by atoms with Crippen molar-refractivity contribution in [1.82, 2.24) is 9.78 Å². The van der Waals surface area contributed by atoms with Crippen LogP contribution in [0.3, 0.4) is 0 Å². The Morgan fingerprint density at radius 2 is 2.14 bits per heavy atom. The molecule has 21 heavy (non-hydrogen) atoms. The molecule has 0 saturated carbocycles. The summed E-state index contributed by atoms with van der Waals surface area (Å²) in [7, 11) is 1.67. The monoisotopic (exact) mass is 298 g/mol. The van der Waals surface area contributed by atoms with E-state index in [0.717, 1.165) is 12.8 Å². The van der Waals surface area contributed by atoms with Crippen molar-refractivity contribution in [1.29, 1.82) is 0 Å². The molecule has 0 aliphatic heterocycles. The lowest BCUT2D eigenvalue weighted by Crippen LogP contribution is -2.26. The summed E-state index contributed by atoms with van der Waals surface area (Å²) in [5, 5.41) is 18.7. The van der Waals surface area contributed by atoms with Gasteiger partial charge in [-0.2, -0.15) is 5.10 Å². The molecule has 120 valence electrons. The standard InChI is InChI=1S/C14H26N4O3/c1-6-8-17-13(12(18(19)20)11(2)16-17)15-10-14(3,4)7-9-21-5/h15H,6-10H2,1-5H3. The molecule has 7 heteroatoms. The van der Waals surface area contributed by atoms with Crippen LogP contribution in [-0.4, -0.2) is 35.0 Å². The third-order valence-corrected chi connectivity index (χ3v) is 3.43. The van der Waals surface area contributed by atoms with E-state index in [2.05, 4.69) is 24.3 Å². The molecule has 0 amide bonds. The number of anilines is 1. The van der Waals surface area contributed by atoms with E-state index < -0.39 is 0 Å². The average Bonchev–Trinajstić information content (AvgIpc) is 2.71. The lowest BCUT2D eigenvalue weighted by Gasteiger charge is -2.25. The number of aromatic nitrogens is 2. The van der Waals surface area contributed by atoms with Crippen LogP contribution in [0.5, 0.6) is 0 Å². The number of nitrogens with one attached hydrogen (secondary N) is 1. The van der Waals surface area contributed by atoms with E-state index in [1.54, 1.807) is 18.7 Å². The molecule has 1 rings (SSSR count). The molecule has 0 unspecified atom stereocenters. The number of nitro groups is 1. The van der Waals surface area contributed by atoms with E-state index in [9.17, 15) is 10.1 Å². The first-order valence-electron chi connectivity index (χ1n) is 7.27. The molecule has 0 aliphatic carbocycles. The highest BCUT2D eigenvalue weighted by atomic mass is 16.6. The lowest BCUT2D eigenvalue weighted by molar-refractivity contribution is -0.384. The molecule has 0 fully saturated rings. The van der Waals surface area contributed by atoms with Crippen LogP contribution < -0.4 is 5.32 Å². The summed E-state index contributed by atoms with van der Waals surface area (Å²) >= 11 is 0. The van der Waals surface area contributed by atoms with Gasteiger partial charge >= 0.3 is 5.69 Å². The van der Waals surface area contributed by atoms with Gasteiger partial charge < -0.3 is 10.1 Å². The van der Waals surface area contributed by atoms with Crippen LogP contribution in [0.1, 0.15) is 39.3 Å². The lowest BCUT2D eigenvalue weighted by atomic mass is 9.90. The first kappa shape index (κ1) is 17.4. The van der Waals surface area contributed by atoms with Crippen LogP contribution in [0.2, 0.25) is 0 Å². The fourth-order valence-corrected chi connectivity index (χ4v) is 2.13. The van der Waals surface area contributed by atoms with Crippen molar-refractivity contribution in [3.05, 3.63) is 15.8 Å². The Hall–Kier alpha value is -1.63. The Bertz CT molecular complexity index is 483. The minimum atomic E-state index is -0.362. The Morgan fingerprint density at radius 1 is 1.48 bits per heavy atom. The summed E-state index contributed by atoms with van der Waals surface area (Å²) in [6.07, 6.45) is 1.76. The van der Waals surface area contributed by atoms with Crippen LogP contribution in [0.4, 0.5) is 11.5 Å². The van der Waals surface area contributed by atoms with Crippen LogP contribution >= 0.6 is 0 Å². The van der Waals surface area contributed by atoms with Gasteiger partial charge in [-0.15, -0.1) is 0 Å². The van der Waals surface area contributed by atoms with Gasteiger partial charge in [0.05, 0.1) is 4.92 Å². The van der Waals surface area contributed by atoms with E-state index in [1.807, 2.05) is 6.92 Å². The minimum Gasteiger partial charge on any atom is -0.385 e. The summed E-state index contributed by atoms with van der Waals surface area (Å²) in [5.41, 5.74) is 0.510. The molecule has 0 spiro atoms. The van der Waals surface area contributed by atoms with Gasteiger partial charge in [-0.3, -0.25) is 10.1 Å². The van der Waals surface area contributed by atoms with Crippen molar-refractivity contribution in [2.75, 3.05) is 25.6 Å². The fraction of sp³-hybridized carbons (Fsp3) is 0.786. The Labute approximate surface area is 125 Å². The first-order valence-corrected chi connectivity index (χ1v) is 7.27. The zero-order valence-electron chi connectivity index (χ0n) is 13.6. The largest absolute Gasteiger partial charge is 0.385 e. The van der Waals surface area contributed by atoms with Crippen molar-refractivity contribution in [3.8, 4) is 0 Å². The first-order chi connectivity index (χ1) is 9.82. The minimum absolute atomic E-state index is 0.0148. The molecule has 1 aromatic heterocycles. The molecule has 1 heterocycles. The molecule has 0 atom stereocenters. The quantitative estimate of drug-likeness (QED) is 0.560. The highest BCUT2D eigenvalue weighted by Gasteiger charge is 2.27. The van der Waals surface area contributed by atoms with Crippen LogP contribution in [0.25, 0.3) is 0 Å². The van der Waals surface area contributed by atoms with Gasteiger partial charge in [0.15, 0.2) is 0 Å². The summed E-state index contributed by atoms with van der Waals surface area (Å²) in [4.78, 5) is 10.9. The number of ether oxygens (including phenoxy) is 1. The Kier molecular flexibility index (Phi) is 6.14. The summed E-state index contributed by atoms with van der Waals surface area (Å²) in [5.74, 6) is 0.504. The Morgan fingerprint density at radius 3 is 2.67 bits per heavy atom. The molecule has 0 aromatic carbocycles. The molecular formula is C14H26N4O3. The fourth-order valence-electron chi connectivity index (χ4n) is 2.13. The number of nitrogens with zero attached hydrogens (tertiary/aromatic N) is 3. The van der Waals surface area contributed by atoms with Gasteiger partial charge in [-0.25, -0.2) is 4.68 Å². The van der Waals surface area contributed by atoms with Crippen LogP contribution in [0, 0.1) is 22.5 Å². The van der Waals surface area contributed by atoms with Crippen molar-refractivity contribution >= 4 is 11.5 Å². The SMILES string of the molecule is CCCn1nc(C)c([N+](=O)[O-])c1NCC(C)(C)CCOC. The summed E-state index contributed by atoms with van der Waals surface area (Å²) in [6.45, 7) is 9.88. The van der Waals surface area contributed by atoms with Crippen molar-refractivity contribution in [2.24, 2.45) is 5.41 Å². The molecule has 1 N–H and O–H groups in total. The van der Waals surface area contributed by atoms with E-state index >= 15 is 0 Å². The second-order valence-electron chi connectivity index (χ2n) is 6.02. The highest BCUT2D eigenvalue weighted by Crippen LogP contribution is 2.30. The third-order valence-electron chi connectivity index (χ3n) is 3.43. The highest BCUT2D eigenvalue weighted by molar-refractivity contribution is 5.59. The Balaban J connectivity index is 2.92. The normalized spacial score (nSPS) is 11.7. The predicted molar refractivity (Wildman–Crippen MR) is 82.7 cm³/mol. The number of aryl methyl sites for hydroxylation is 2. The topological polar surface area (TPSA) is 82.2 Å². The number of rotatable bonds is 9. The number of hydrogen-bond donors (Lipinski definition) is 1. The van der Waals surface area contributed by atoms with Crippen molar-refractivity contribution in [2.45, 2.75) is 47.1 Å². The molecule has 0 aliphatic rings. The molecule has 0 bridgehead atoms. The molecule has 1 aromatic rings. The molecule has 0 saturated heterocycles. The van der Waals surface area contributed by atoms with Gasteiger partial charge in [0, 0.05) is 26.8 Å². The second kappa shape index (κ2) is 7.40. The van der Waals surface area contributed by atoms with Gasteiger partial charge in [-0.1, -0.05) is 20.8 Å². The number of methoxy groups -OCH3 is 1. The second-order valence-corrected chi connectivity index (χ2v) is 6.02. The molecule has 7 nitrogen and oxygen atoms in total. The van der Waals surface area contributed by atoms with Gasteiger partial charge in [0.2, 0.25) is 5.82 Å². The van der Waals surface area contributed by atoms with Crippen LogP contribution in [0.15, 0.2) is 0 Å². The predicted octanol–water partition coefficient (Wildman–Crippen LogP) is 2.98. The summed E-state index contributed by atoms with van der Waals surface area (Å²) < 4.78 is 6.80. The zero-order chi connectivity index (χ0) is 16.0. The maximum atomic E-state index is 11.2. The molecular weight excluding hydrogens is 272 g/mol. The smallest absolute Gasteiger partial charge is 0.333 e. The van der Waals surface area contributed by atoms with Gasteiger partial charge in [0.25, 0.3) is 0 Å². The average molecular weight is 298 g/mol. The number of hydrogen-bond acceptors (Lipinski definition) is 5. The third kappa shape index (κ3) is 4.70. The maximum absolute atomic E-state index is 11.2.